The van der Waals surface area contributed by atoms with Crippen LogP contribution in [0.5, 0.6) is 0 Å². The molecule has 4 nitrogen and oxygen atoms in total. The second-order valence-corrected chi connectivity index (χ2v) is 5.81. The molecule has 2 aliphatic rings. The lowest BCUT2D eigenvalue weighted by Gasteiger charge is -2.38. The number of hydrogen-bond acceptors (Lipinski definition) is 3. The van der Waals surface area contributed by atoms with Crippen LogP contribution in [0.25, 0.3) is 0 Å². The molecule has 0 unspecified atom stereocenters. The first-order chi connectivity index (χ1) is 10.3. The van der Waals surface area contributed by atoms with Gasteiger partial charge in [-0.25, -0.2) is 4.39 Å². The van der Waals surface area contributed by atoms with Crippen molar-refractivity contribution < 1.29 is 9.18 Å². The van der Waals surface area contributed by atoms with Crippen LogP contribution in [0.2, 0.25) is 0 Å². The molecule has 0 spiro atoms. The zero-order chi connectivity index (χ0) is 14.7. The Hall–Kier alpha value is -1.62. The number of anilines is 1. The monoisotopic (exact) mass is 291 g/mol. The third kappa shape index (κ3) is 3.18. The Morgan fingerprint density at radius 3 is 2.62 bits per heavy atom. The van der Waals surface area contributed by atoms with E-state index >= 15 is 0 Å². The fourth-order valence-corrected chi connectivity index (χ4v) is 3.20. The van der Waals surface area contributed by atoms with E-state index in [9.17, 15) is 9.18 Å². The van der Waals surface area contributed by atoms with Crippen molar-refractivity contribution in [3.63, 3.8) is 0 Å². The largest absolute Gasteiger partial charge is 0.366 e. The van der Waals surface area contributed by atoms with Crippen molar-refractivity contribution in [2.45, 2.75) is 12.8 Å². The van der Waals surface area contributed by atoms with Gasteiger partial charge in [-0.1, -0.05) is 12.1 Å². The molecule has 1 amide bonds. The number of nitrogens with one attached hydrogen (secondary N) is 1. The van der Waals surface area contributed by atoms with Crippen LogP contribution in [-0.2, 0) is 4.79 Å². The fourth-order valence-electron chi connectivity index (χ4n) is 3.20. The molecule has 0 radical (unpaired) electrons. The van der Waals surface area contributed by atoms with E-state index in [-0.39, 0.29) is 17.6 Å². The summed E-state index contributed by atoms with van der Waals surface area (Å²) in [6.45, 7) is 4.59. The van der Waals surface area contributed by atoms with Gasteiger partial charge in [-0.3, -0.25) is 4.79 Å². The molecule has 0 aromatic heterocycles. The summed E-state index contributed by atoms with van der Waals surface area (Å²) in [6, 6.07) is 6.84. The molecule has 21 heavy (non-hydrogen) atoms. The van der Waals surface area contributed by atoms with Gasteiger partial charge in [0.15, 0.2) is 0 Å². The number of piperidine rings is 1. The quantitative estimate of drug-likeness (QED) is 0.896. The summed E-state index contributed by atoms with van der Waals surface area (Å²) in [4.78, 5) is 16.4. The molecular formula is C16H22FN3O. The number of rotatable bonds is 2. The number of nitrogens with zero attached hydrogens (tertiary/aromatic N) is 2. The molecule has 1 N–H and O–H groups in total. The molecular weight excluding hydrogens is 269 g/mol. The van der Waals surface area contributed by atoms with Crippen LogP contribution in [0.1, 0.15) is 12.8 Å². The van der Waals surface area contributed by atoms with E-state index in [2.05, 4.69) is 5.32 Å². The molecule has 114 valence electrons. The summed E-state index contributed by atoms with van der Waals surface area (Å²) >= 11 is 0. The predicted molar refractivity (Wildman–Crippen MR) is 80.8 cm³/mol. The topological polar surface area (TPSA) is 35.6 Å². The number of piperazine rings is 1. The maximum atomic E-state index is 13.8. The van der Waals surface area contributed by atoms with E-state index in [4.69, 9.17) is 0 Å². The van der Waals surface area contributed by atoms with Crippen molar-refractivity contribution in [3.8, 4) is 0 Å². The van der Waals surface area contributed by atoms with Gasteiger partial charge in [0, 0.05) is 32.7 Å². The van der Waals surface area contributed by atoms with Crippen molar-refractivity contribution in [1.29, 1.82) is 0 Å². The Kier molecular flexibility index (Phi) is 4.39. The lowest BCUT2D eigenvalue weighted by Crippen LogP contribution is -2.52. The summed E-state index contributed by atoms with van der Waals surface area (Å²) in [5, 5.41) is 3.29. The third-order valence-corrected chi connectivity index (χ3v) is 4.43. The summed E-state index contributed by atoms with van der Waals surface area (Å²) in [5.74, 6) is 0.197. The molecule has 0 aliphatic carbocycles. The maximum Gasteiger partial charge on any atom is 0.227 e. The average Bonchev–Trinajstić information content (AvgIpc) is 2.56. The van der Waals surface area contributed by atoms with Crippen LogP contribution in [-0.4, -0.2) is 50.1 Å². The zero-order valence-electron chi connectivity index (χ0n) is 12.2. The highest BCUT2D eigenvalue weighted by atomic mass is 19.1. The van der Waals surface area contributed by atoms with Crippen molar-refractivity contribution in [2.24, 2.45) is 5.92 Å². The Balaban J connectivity index is 1.57. The van der Waals surface area contributed by atoms with Crippen molar-refractivity contribution >= 4 is 11.6 Å². The van der Waals surface area contributed by atoms with E-state index in [1.165, 1.54) is 6.07 Å². The highest BCUT2D eigenvalue weighted by Gasteiger charge is 2.28. The number of para-hydroxylation sites is 1. The molecule has 0 saturated carbocycles. The second-order valence-electron chi connectivity index (χ2n) is 5.81. The second kappa shape index (κ2) is 6.43. The first-order valence-electron chi connectivity index (χ1n) is 7.74. The molecule has 5 heteroatoms. The van der Waals surface area contributed by atoms with E-state index in [1.54, 1.807) is 12.1 Å². The lowest BCUT2D eigenvalue weighted by molar-refractivity contribution is -0.136. The number of amides is 1. The van der Waals surface area contributed by atoms with Crippen LogP contribution in [0.3, 0.4) is 0 Å². The van der Waals surface area contributed by atoms with Crippen molar-refractivity contribution in [2.75, 3.05) is 44.2 Å². The predicted octanol–water partition coefficient (Wildman–Crippen LogP) is 1.47. The van der Waals surface area contributed by atoms with Gasteiger partial charge >= 0.3 is 0 Å². The van der Waals surface area contributed by atoms with Gasteiger partial charge in [0.05, 0.1) is 11.6 Å². The van der Waals surface area contributed by atoms with Gasteiger partial charge in [-0.2, -0.15) is 0 Å². The number of halogens is 1. The summed E-state index contributed by atoms with van der Waals surface area (Å²) in [6.07, 6.45) is 2.06. The molecule has 2 aliphatic heterocycles. The van der Waals surface area contributed by atoms with Gasteiger partial charge in [-0.05, 0) is 31.5 Å². The SMILES string of the molecule is O=C([C@@H]1CCCNC1)N1CCN(c2ccccc2F)CC1. The Labute approximate surface area is 124 Å². The standard InChI is InChI=1S/C16H22FN3O/c17-14-5-1-2-6-15(14)19-8-10-20(11-9-19)16(21)13-4-3-7-18-12-13/h1-2,5-6,13,18H,3-4,7-12H2/t13-/m1/s1. The first kappa shape index (κ1) is 14.3. The Morgan fingerprint density at radius 2 is 1.95 bits per heavy atom. The summed E-state index contributed by atoms with van der Waals surface area (Å²) in [5.41, 5.74) is 0.643. The fraction of sp³-hybridized carbons (Fsp3) is 0.562. The summed E-state index contributed by atoms with van der Waals surface area (Å²) < 4.78 is 13.8. The first-order valence-corrected chi connectivity index (χ1v) is 7.74. The van der Waals surface area contributed by atoms with Gasteiger partial charge in [0.2, 0.25) is 5.91 Å². The smallest absolute Gasteiger partial charge is 0.227 e. The summed E-state index contributed by atoms with van der Waals surface area (Å²) in [7, 11) is 0. The Bertz CT molecular complexity index is 494. The van der Waals surface area contributed by atoms with Crippen molar-refractivity contribution in [3.05, 3.63) is 30.1 Å². The van der Waals surface area contributed by atoms with Crippen LogP contribution in [0, 0.1) is 11.7 Å². The van der Waals surface area contributed by atoms with Crippen LogP contribution in [0.15, 0.2) is 24.3 Å². The molecule has 2 heterocycles. The molecule has 3 rings (SSSR count). The molecule has 2 saturated heterocycles. The highest BCUT2D eigenvalue weighted by Crippen LogP contribution is 2.21. The average molecular weight is 291 g/mol. The van der Waals surface area contributed by atoms with Gasteiger partial charge < -0.3 is 15.1 Å². The van der Waals surface area contributed by atoms with Crippen LogP contribution < -0.4 is 10.2 Å². The van der Waals surface area contributed by atoms with Crippen LogP contribution in [0.4, 0.5) is 10.1 Å². The number of carbonyl (C=O) groups is 1. The minimum absolute atomic E-state index is 0.124. The Morgan fingerprint density at radius 1 is 1.19 bits per heavy atom. The zero-order valence-corrected chi connectivity index (χ0v) is 12.2. The number of carbonyl (C=O) groups excluding carboxylic acids is 1. The van der Waals surface area contributed by atoms with Gasteiger partial charge in [0.1, 0.15) is 5.82 Å². The minimum atomic E-state index is -0.186. The van der Waals surface area contributed by atoms with E-state index in [1.807, 2.05) is 15.9 Å². The lowest BCUT2D eigenvalue weighted by atomic mass is 9.98. The van der Waals surface area contributed by atoms with E-state index in [0.29, 0.717) is 31.9 Å². The number of hydrogen-bond donors (Lipinski definition) is 1. The molecule has 2 fully saturated rings. The van der Waals surface area contributed by atoms with Crippen molar-refractivity contribution in [1.82, 2.24) is 10.2 Å². The third-order valence-electron chi connectivity index (χ3n) is 4.43. The number of benzene rings is 1. The molecule has 1 atom stereocenters. The van der Waals surface area contributed by atoms with E-state index in [0.717, 1.165) is 25.9 Å². The normalized spacial score (nSPS) is 23.2. The van der Waals surface area contributed by atoms with Crippen LogP contribution >= 0.6 is 0 Å². The van der Waals surface area contributed by atoms with Gasteiger partial charge in [-0.15, -0.1) is 0 Å². The maximum absolute atomic E-state index is 13.8. The minimum Gasteiger partial charge on any atom is -0.366 e. The van der Waals surface area contributed by atoms with E-state index < -0.39 is 0 Å². The molecule has 1 aromatic rings. The molecule has 1 aromatic carbocycles. The van der Waals surface area contributed by atoms with Gasteiger partial charge in [0.25, 0.3) is 0 Å². The molecule has 0 bridgehead atoms. The highest BCUT2D eigenvalue weighted by molar-refractivity contribution is 5.79.